The molecule has 1 aromatic carbocycles. The average Bonchev–Trinajstić information content (AvgIpc) is 2.75. The van der Waals surface area contributed by atoms with Gasteiger partial charge in [-0.15, -0.1) is 0 Å². The van der Waals surface area contributed by atoms with Gasteiger partial charge in [0.25, 0.3) is 0 Å². The van der Waals surface area contributed by atoms with Gasteiger partial charge in [0.1, 0.15) is 0 Å². The number of rotatable bonds is 7. The van der Waals surface area contributed by atoms with Gasteiger partial charge in [0, 0.05) is 44.6 Å². The molecule has 4 nitrogen and oxygen atoms in total. The summed E-state index contributed by atoms with van der Waals surface area (Å²) in [5.41, 5.74) is 3.66. The summed E-state index contributed by atoms with van der Waals surface area (Å²) in [5, 5.41) is 4.02. The molecule has 1 heterocycles. The molecule has 172 valence electrons. The van der Waals surface area contributed by atoms with Gasteiger partial charge in [0.05, 0.1) is 13.2 Å². The van der Waals surface area contributed by atoms with Crippen LogP contribution in [0.4, 0.5) is 5.69 Å². The summed E-state index contributed by atoms with van der Waals surface area (Å²) < 4.78 is 10.1. The Bertz CT molecular complexity index is 476. The lowest BCUT2D eigenvalue weighted by molar-refractivity contribution is 0.0374. The van der Waals surface area contributed by atoms with Gasteiger partial charge in [-0.3, -0.25) is 4.90 Å². The molecule has 1 aliphatic rings. The number of halogens is 1. The van der Waals surface area contributed by atoms with Gasteiger partial charge in [0.2, 0.25) is 0 Å². The maximum Gasteiger partial charge on any atom is 0.0594 e. The predicted octanol–water partition coefficient (Wildman–Crippen LogP) is 6.44. The van der Waals surface area contributed by atoms with Gasteiger partial charge in [0.15, 0.2) is 0 Å². The molecule has 2 rings (SSSR count). The van der Waals surface area contributed by atoms with E-state index in [-0.39, 0.29) is 0 Å². The Morgan fingerprint density at radius 3 is 2.17 bits per heavy atom. The number of methoxy groups -OCH3 is 1. The third-order valence-electron chi connectivity index (χ3n) is 4.17. The van der Waals surface area contributed by atoms with Crippen molar-refractivity contribution >= 4 is 17.3 Å². The van der Waals surface area contributed by atoms with Crippen molar-refractivity contribution in [2.75, 3.05) is 58.9 Å². The quantitative estimate of drug-likeness (QED) is 0.539. The molecule has 1 aliphatic heterocycles. The molecule has 0 amide bonds. The fourth-order valence-corrected chi connectivity index (χ4v) is 2.90. The van der Waals surface area contributed by atoms with Crippen LogP contribution in [0, 0.1) is 6.92 Å². The van der Waals surface area contributed by atoms with Crippen LogP contribution in [0.2, 0.25) is 5.02 Å². The van der Waals surface area contributed by atoms with Crippen molar-refractivity contribution in [2.45, 2.75) is 67.2 Å². The van der Waals surface area contributed by atoms with Gasteiger partial charge in [-0.05, 0) is 56.0 Å². The largest absolute Gasteiger partial charge is 0.388 e. The molecule has 0 aromatic heterocycles. The van der Waals surface area contributed by atoms with Crippen LogP contribution in [0.15, 0.2) is 12.1 Å². The minimum Gasteiger partial charge on any atom is -0.388 e. The van der Waals surface area contributed by atoms with Crippen molar-refractivity contribution in [2.24, 2.45) is 0 Å². The van der Waals surface area contributed by atoms with Crippen molar-refractivity contribution in [3.8, 4) is 0 Å². The first kappa shape index (κ1) is 30.4. The third kappa shape index (κ3) is 15.7. The van der Waals surface area contributed by atoms with Gasteiger partial charge < -0.3 is 14.8 Å². The van der Waals surface area contributed by atoms with Crippen LogP contribution >= 0.6 is 11.6 Å². The SMILES string of the molecule is CC.CCC.CCCOC.CNc1cc(Cl)c(C)c(CCCN2CCOCC2)c1. The standard InChI is InChI=1S/C15H23ClN2O.C4H10O.C3H8.C2H6/c1-12-13(10-14(17-2)11-15(12)16)4-3-5-18-6-8-19-9-7-18;1-3-4-5-2;1-3-2;1-2/h10-11,17H,3-9H2,1-2H3;3-4H2,1-2H3;3H2,1-2H3;1-2H3. The summed E-state index contributed by atoms with van der Waals surface area (Å²) in [5.74, 6) is 0. The molecule has 1 N–H and O–H groups in total. The second kappa shape index (κ2) is 21.9. The summed E-state index contributed by atoms with van der Waals surface area (Å²) in [6, 6.07) is 4.20. The van der Waals surface area contributed by atoms with E-state index >= 15 is 0 Å². The summed E-state index contributed by atoms with van der Waals surface area (Å²) in [4.78, 5) is 2.47. The summed E-state index contributed by atoms with van der Waals surface area (Å²) >= 11 is 6.26. The van der Waals surface area contributed by atoms with E-state index in [9.17, 15) is 0 Å². The van der Waals surface area contributed by atoms with E-state index in [1.165, 1.54) is 24.0 Å². The van der Waals surface area contributed by atoms with Crippen LogP contribution in [0.5, 0.6) is 0 Å². The number of anilines is 1. The lowest BCUT2D eigenvalue weighted by Crippen LogP contribution is -2.36. The zero-order chi connectivity index (χ0) is 22.5. The normalized spacial score (nSPS) is 13.1. The molecule has 1 aromatic rings. The number of hydrogen-bond acceptors (Lipinski definition) is 4. The average molecular weight is 431 g/mol. The van der Waals surface area contributed by atoms with E-state index < -0.39 is 0 Å². The Balaban J connectivity index is 0. The van der Waals surface area contributed by atoms with E-state index in [1.807, 2.05) is 27.0 Å². The molecule has 1 saturated heterocycles. The molecular weight excluding hydrogens is 384 g/mol. The topological polar surface area (TPSA) is 33.7 Å². The molecule has 0 atom stereocenters. The molecule has 0 bridgehead atoms. The number of benzene rings is 1. The fourth-order valence-electron chi connectivity index (χ4n) is 2.66. The summed E-state index contributed by atoms with van der Waals surface area (Å²) in [6.45, 7) is 18.4. The predicted molar refractivity (Wildman–Crippen MR) is 131 cm³/mol. The maximum atomic E-state index is 6.26. The summed E-state index contributed by atoms with van der Waals surface area (Å²) in [6.07, 6.45) is 4.62. The van der Waals surface area contributed by atoms with E-state index in [0.717, 1.165) is 63.0 Å². The van der Waals surface area contributed by atoms with Gasteiger partial charge in [-0.25, -0.2) is 0 Å². The van der Waals surface area contributed by atoms with Crippen molar-refractivity contribution < 1.29 is 9.47 Å². The lowest BCUT2D eigenvalue weighted by Gasteiger charge is -2.26. The number of ether oxygens (including phenoxy) is 2. The molecule has 5 heteroatoms. The number of aryl methyl sites for hydroxylation is 1. The highest BCUT2D eigenvalue weighted by molar-refractivity contribution is 6.31. The van der Waals surface area contributed by atoms with Crippen LogP contribution in [0.3, 0.4) is 0 Å². The first-order valence-corrected chi connectivity index (χ1v) is 11.7. The Labute approximate surface area is 186 Å². The van der Waals surface area contributed by atoms with Gasteiger partial charge >= 0.3 is 0 Å². The zero-order valence-electron chi connectivity index (χ0n) is 20.4. The smallest absolute Gasteiger partial charge is 0.0594 e. The second-order valence-corrected chi connectivity index (χ2v) is 7.16. The van der Waals surface area contributed by atoms with Crippen molar-refractivity contribution in [1.29, 1.82) is 0 Å². The molecule has 0 aliphatic carbocycles. The Kier molecular flexibility index (Phi) is 22.9. The Morgan fingerprint density at radius 2 is 1.72 bits per heavy atom. The number of morpholine rings is 1. The molecule has 1 fully saturated rings. The molecule has 0 unspecified atom stereocenters. The lowest BCUT2D eigenvalue weighted by atomic mass is 10.0. The van der Waals surface area contributed by atoms with E-state index in [2.05, 4.69) is 44.0 Å². The van der Waals surface area contributed by atoms with Crippen molar-refractivity contribution in [1.82, 2.24) is 4.90 Å². The second-order valence-electron chi connectivity index (χ2n) is 6.75. The van der Waals surface area contributed by atoms with Gasteiger partial charge in [-0.2, -0.15) is 0 Å². The van der Waals surface area contributed by atoms with Crippen LogP contribution in [0.1, 0.15) is 65.0 Å². The van der Waals surface area contributed by atoms with Crippen molar-refractivity contribution in [3.05, 3.63) is 28.3 Å². The van der Waals surface area contributed by atoms with Crippen LogP contribution in [-0.4, -0.2) is 58.5 Å². The third-order valence-corrected chi connectivity index (χ3v) is 4.57. The van der Waals surface area contributed by atoms with Crippen molar-refractivity contribution in [3.63, 3.8) is 0 Å². The van der Waals surface area contributed by atoms with Crippen LogP contribution in [0.25, 0.3) is 0 Å². The molecular formula is C24H47ClN2O2. The maximum absolute atomic E-state index is 6.26. The van der Waals surface area contributed by atoms with E-state index in [0.29, 0.717) is 0 Å². The Morgan fingerprint density at radius 1 is 1.14 bits per heavy atom. The van der Waals surface area contributed by atoms with Crippen LogP contribution in [-0.2, 0) is 15.9 Å². The van der Waals surface area contributed by atoms with Gasteiger partial charge in [-0.1, -0.05) is 52.6 Å². The number of hydrogen-bond donors (Lipinski definition) is 1. The zero-order valence-corrected chi connectivity index (χ0v) is 21.1. The highest BCUT2D eigenvalue weighted by Crippen LogP contribution is 2.25. The number of nitrogens with zero attached hydrogens (tertiary/aromatic N) is 1. The van der Waals surface area contributed by atoms with E-state index in [4.69, 9.17) is 21.1 Å². The summed E-state index contributed by atoms with van der Waals surface area (Å²) in [7, 11) is 3.64. The van der Waals surface area contributed by atoms with E-state index in [1.54, 1.807) is 7.11 Å². The molecule has 0 radical (unpaired) electrons. The monoisotopic (exact) mass is 430 g/mol. The highest BCUT2D eigenvalue weighted by atomic mass is 35.5. The van der Waals surface area contributed by atoms with Crippen LogP contribution < -0.4 is 5.32 Å². The minimum atomic E-state index is 0.855. The molecule has 29 heavy (non-hydrogen) atoms. The fraction of sp³-hybridized carbons (Fsp3) is 0.750. The first-order chi connectivity index (χ1) is 14.0. The molecule has 0 saturated carbocycles. The first-order valence-electron chi connectivity index (χ1n) is 11.3. The number of nitrogens with one attached hydrogen (secondary N) is 1. The Hall–Kier alpha value is -0.810. The highest BCUT2D eigenvalue weighted by Gasteiger charge is 2.10. The minimum absolute atomic E-state index is 0.855. The molecule has 0 spiro atoms.